The molecule has 44 valence electrons. The lowest BCUT2D eigenvalue weighted by Gasteiger charge is -1.76. The molecule has 0 aliphatic heterocycles. The second kappa shape index (κ2) is 2.00. The molecular formula is C3H4ClN3O. The molecule has 1 rings (SSSR count). The summed E-state index contributed by atoms with van der Waals surface area (Å²) < 4.78 is 4.66. The van der Waals surface area contributed by atoms with Crippen LogP contribution in [0.2, 0.25) is 0 Å². The Labute approximate surface area is 50.6 Å². The Morgan fingerprint density at radius 3 is 2.62 bits per heavy atom. The van der Waals surface area contributed by atoms with Gasteiger partial charge in [0, 0.05) is 0 Å². The number of halogens is 1. The molecule has 2 N–H and O–H groups in total. The predicted molar refractivity (Wildman–Crippen MR) is 28.3 cm³/mol. The van der Waals surface area contributed by atoms with Crippen molar-refractivity contribution in [3.05, 3.63) is 5.89 Å². The van der Waals surface area contributed by atoms with Crippen LogP contribution in [0.25, 0.3) is 0 Å². The normalized spacial score (nSPS) is 9.62. The molecule has 1 heterocycles. The van der Waals surface area contributed by atoms with Gasteiger partial charge in [0.15, 0.2) is 0 Å². The molecule has 5 heteroatoms. The van der Waals surface area contributed by atoms with Crippen LogP contribution in [0.5, 0.6) is 0 Å². The molecule has 1 aromatic heterocycles. The Bertz CT molecular complexity index is 175. The van der Waals surface area contributed by atoms with Crippen molar-refractivity contribution >= 4 is 17.6 Å². The first-order valence-electron chi connectivity index (χ1n) is 1.96. The zero-order chi connectivity index (χ0) is 5.98. The lowest BCUT2D eigenvalue weighted by atomic mass is 10.8. The van der Waals surface area contributed by atoms with Crippen LogP contribution in [0.1, 0.15) is 5.89 Å². The highest BCUT2D eigenvalue weighted by Crippen LogP contribution is 2.01. The quantitative estimate of drug-likeness (QED) is 0.563. The van der Waals surface area contributed by atoms with Crippen molar-refractivity contribution in [1.82, 2.24) is 10.2 Å². The minimum Gasteiger partial charge on any atom is -0.407 e. The minimum absolute atomic E-state index is 0.0562. The third-order valence-electron chi connectivity index (χ3n) is 0.597. The molecule has 4 nitrogen and oxygen atoms in total. The molecule has 0 bridgehead atoms. The van der Waals surface area contributed by atoms with Crippen molar-refractivity contribution in [2.24, 2.45) is 0 Å². The van der Waals surface area contributed by atoms with E-state index in [-0.39, 0.29) is 11.9 Å². The van der Waals surface area contributed by atoms with Crippen LogP contribution >= 0.6 is 11.6 Å². The summed E-state index contributed by atoms with van der Waals surface area (Å²) in [6.45, 7) is 0. The highest BCUT2D eigenvalue weighted by atomic mass is 35.5. The van der Waals surface area contributed by atoms with Gasteiger partial charge in [-0.3, -0.25) is 0 Å². The third kappa shape index (κ3) is 0.894. The molecule has 0 amide bonds. The molecule has 0 atom stereocenters. The van der Waals surface area contributed by atoms with Gasteiger partial charge in [-0.1, -0.05) is 5.10 Å². The standard InChI is InChI=1S/C3H4ClN3O/c4-1-2-6-7-3(5)8-2/h1H2,(H2,5,7). The summed E-state index contributed by atoms with van der Waals surface area (Å²) >= 11 is 5.29. The van der Waals surface area contributed by atoms with Gasteiger partial charge in [0.05, 0.1) is 0 Å². The van der Waals surface area contributed by atoms with Crippen molar-refractivity contribution < 1.29 is 4.42 Å². The first-order valence-corrected chi connectivity index (χ1v) is 2.50. The van der Waals surface area contributed by atoms with Gasteiger partial charge in [-0.15, -0.1) is 16.7 Å². The maximum absolute atomic E-state index is 5.29. The smallest absolute Gasteiger partial charge is 0.312 e. The molecule has 1 aromatic rings. The van der Waals surface area contributed by atoms with Crippen LogP contribution in [0.3, 0.4) is 0 Å². The van der Waals surface area contributed by atoms with Gasteiger partial charge in [-0.2, -0.15) is 0 Å². The van der Waals surface area contributed by atoms with Gasteiger partial charge in [0.1, 0.15) is 5.88 Å². The van der Waals surface area contributed by atoms with Crippen LogP contribution in [0, 0.1) is 0 Å². The van der Waals surface area contributed by atoms with Crippen LogP contribution in [0.15, 0.2) is 4.42 Å². The van der Waals surface area contributed by atoms with Crippen molar-refractivity contribution in [3.8, 4) is 0 Å². The number of nitrogens with zero attached hydrogens (tertiary/aromatic N) is 2. The summed E-state index contributed by atoms with van der Waals surface area (Å²) in [5.74, 6) is 0.564. The summed E-state index contributed by atoms with van der Waals surface area (Å²) in [6, 6.07) is 0.0562. The van der Waals surface area contributed by atoms with Gasteiger partial charge >= 0.3 is 6.01 Å². The molecule has 0 fully saturated rings. The van der Waals surface area contributed by atoms with E-state index < -0.39 is 0 Å². The summed E-state index contributed by atoms with van der Waals surface area (Å²) in [4.78, 5) is 0. The topological polar surface area (TPSA) is 64.9 Å². The molecule has 0 saturated heterocycles. The number of hydrogen-bond donors (Lipinski definition) is 1. The maximum atomic E-state index is 5.29. The fraction of sp³-hybridized carbons (Fsp3) is 0.333. The summed E-state index contributed by atoms with van der Waals surface area (Å²) in [6.07, 6.45) is 0. The Morgan fingerprint density at radius 1 is 1.62 bits per heavy atom. The van der Waals surface area contributed by atoms with E-state index in [1.54, 1.807) is 0 Å². The second-order valence-corrected chi connectivity index (χ2v) is 1.43. The van der Waals surface area contributed by atoms with Gasteiger partial charge in [0.2, 0.25) is 5.89 Å². The molecule has 0 unspecified atom stereocenters. The zero-order valence-corrected chi connectivity index (χ0v) is 4.72. The van der Waals surface area contributed by atoms with Crippen molar-refractivity contribution in [2.75, 3.05) is 5.73 Å². The van der Waals surface area contributed by atoms with Crippen molar-refractivity contribution in [2.45, 2.75) is 5.88 Å². The van der Waals surface area contributed by atoms with Crippen LogP contribution < -0.4 is 5.73 Å². The van der Waals surface area contributed by atoms with E-state index in [1.807, 2.05) is 0 Å². The lowest BCUT2D eigenvalue weighted by Crippen LogP contribution is -1.81. The van der Waals surface area contributed by atoms with Crippen molar-refractivity contribution in [1.29, 1.82) is 0 Å². The molecule has 0 aliphatic rings. The Hall–Kier alpha value is -0.770. The lowest BCUT2D eigenvalue weighted by molar-refractivity contribution is 0.532. The first kappa shape index (κ1) is 5.37. The number of alkyl halides is 1. The summed E-state index contributed by atoms with van der Waals surface area (Å²) in [5.41, 5.74) is 5.06. The molecule has 0 aromatic carbocycles. The van der Waals surface area contributed by atoms with Crippen molar-refractivity contribution in [3.63, 3.8) is 0 Å². The Morgan fingerprint density at radius 2 is 2.38 bits per heavy atom. The number of rotatable bonds is 1. The van der Waals surface area contributed by atoms with Crippen LogP contribution in [0.4, 0.5) is 6.01 Å². The highest BCUT2D eigenvalue weighted by molar-refractivity contribution is 6.16. The number of nitrogens with two attached hydrogens (primary N) is 1. The molecular weight excluding hydrogens is 130 g/mol. The van der Waals surface area contributed by atoms with Gasteiger partial charge in [-0.25, -0.2) is 0 Å². The summed E-state index contributed by atoms with van der Waals surface area (Å²) in [7, 11) is 0. The Balaban J connectivity index is 2.84. The largest absolute Gasteiger partial charge is 0.407 e. The fourth-order valence-electron chi connectivity index (χ4n) is 0.321. The van der Waals surface area contributed by atoms with E-state index >= 15 is 0 Å². The number of aromatic nitrogens is 2. The van der Waals surface area contributed by atoms with Gasteiger partial charge in [-0.05, 0) is 0 Å². The second-order valence-electron chi connectivity index (χ2n) is 1.17. The molecule has 0 aliphatic carbocycles. The molecule has 0 saturated carbocycles. The van der Waals surface area contributed by atoms with Crippen LogP contribution in [-0.4, -0.2) is 10.2 Å². The predicted octanol–water partition coefficient (Wildman–Crippen LogP) is 0.391. The van der Waals surface area contributed by atoms with Gasteiger partial charge < -0.3 is 10.2 Å². The van der Waals surface area contributed by atoms with E-state index in [4.69, 9.17) is 17.3 Å². The van der Waals surface area contributed by atoms with E-state index in [9.17, 15) is 0 Å². The van der Waals surface area contributed by atoms with E-state index in [0.29, 0.717) is 5.89 Å². The maximum Gasteiger partial charge on any atom is 0.312 e. The monoisotopic (exact) mass is 133 g/mol. The molecule has 0 spiro atoms. The summed E-state index contributed by atoms with van der Waals surface area (Å²) in [5, 5.41) is 6.82. The van der Waals surface area contributed by atoms with Crippen LogP contribution in [-0.2, 0) is 5.88 Å². The average Bonchev–Trinajstić information content (AvgIpc) is 2.14. The number of hydrogen-bond acceptors (Lipinski definition) is 4. The van der Waals surface area contributed by atoms with Gasteiger partial charge in [0.25, 0.3) is 0 Å². The average molecular weight is 134 g/mol. The zero-order valence-electron chi connectivity index (χ0n) is 3.97. The highest BCUT2D eigenvalue weighted by Gasteiger charge is 1.97. The minimum atomic E-state index is 0.0562. The van der Waals surface area contributed by atoms with E-state index in [2.05, 4.69) is 14.6 Å². The molecule has 8 heavy (non-hydrogen) atoms. The van der Waals surface area contributed by atoms with E-state index in [1.165, 1.54) is 0 Å². The van der Waals surface area contributed by atoms with E-state index in [0.717, 1.165) is 0 Å². The molecule has 0 radical (unpaired) electrons. The first-order chi connectivity index (χ1) is 3.83. The fourth-order valence-corrected chi connectivity index (χ4v) is 0.429. The SMILES string of the molecule is Nc1nnc(CCl)o1. The Kier molecular flexibility index (Phi) is 1.34. The number of anilines is 1. The number of nitrogen functional groups attached to an aromatic ring is 1. The third-order valence-corrected chi connectivity index (χ3v) is 0.825.